The van der Waals surface area contributed by atoms with Crippen molar-refractivity contribution in [2.75, 3.05) is 17.2 Å². The molecular formula is C34H34N4O8. The number of ketones is 1. The maximum absolute atomic E-state index is 14.0. The highest BCUT2D eigenvalue weighted by Gasteiger charge is 2.45. The lowest BCUT2D eigenvalue weighted by Crippen LogP contribution is -2.60. The first-order valence-electron chi connectivity index (χ1n) is 14.4. The van der Waals surface area contributed by atoms with Crippen molar-refractivity contribution in [2.24, 2.45) is 5.73 Å². The summed E-state index contributed by atoms with van der Waals surface area (Å²) in [6.45, 7) is -0.641. The second-order valence-corrected chi connectivity index (χ2v) is 10.7. The summed E-state index contributed by atoms with van der Waals surface area (Å²) in [6, 6.07) is 27.2. The van der Waals surface area contributed by atoms with Gasteiger partial charge in [0.25, 0.3) is 5.91 Å². The van der Waals surface area contributed by atoms with Crippen LogP contribution in [0.5, 0.6) is 5.75 Å². The first kappa shape index (κ1) is 32.3. The Morgan fingerprint density at radius 2 is 1.43 bits per heavy atom. The van der Waals surface area contributed by atoms with Crippen LogP contribution in [-0.4, -0.2) is 75.3 Å². The van der Waals surface area contributed by atoms with Crippen LogP contribution >= 0.6 is 0 Å². The Kier molecular flexibility index (Phi) is 10.1. The molecule has 0 bridgehead atoms. The van der Waals surface area contributed by atoms with E-state index < -0.39 is 49.3 Å². The van der Waals surface area contributed by atoms with Gasteiger partial charge in [0.1, 0.15) is 42.0 Å². The van der Waals surface area contributed by atoms with Gasteiger partial charge in [-0.15, -0.1) is 0 Å². The highest BCUT2D eigenvalue weighted by atomic mass is 16.7. The summed E-state index contributed by atoms with van der Waals surface area (Å²) in [6.07, 6.45) is -7.62. The van der Waals surface area contributed by atoms with Crippen molar-refractivity contribution in [2.45, 2.75) is 36.7 Å². The molecule has 0 saturated carbocycles. The van der Waals surface area contributed by atoms with Crippen LogP contribution in [0.4, 0.5) is 11.4 Å². The van der Waals surface area contributed by atoms with Crippen LogP contribution in [0, 0.1) is 5.41 Å². The van der Waals surface area contributed by atoms with Gasteiger partial charge in [0.2, 0.25) is 6.29 Å². The minimum absolute atomic E-state index is 0.0928. The average Bonchev–Trinajstić information content (AvgIpc) is 3.08. The number of amidine groups is 1. The zero-order valence-electron chi connectivity index (χ0n) is 24.5. The monoisotopic (exact) mass is 626 g/mol. The highest BCUT2D eigenvalue weighted by Crippen LogP contribution is 2.33. The Balaban J connectivity index is 1.47. The molecule has 4 aromatic rings. The molecule has 0 aliphatic carbocycles. The molecule has 1 aliphatic rings. The maximum Gasteiger partial charge on any atom is 0.251 e. The molecule has 1 heterocycles. The van der Waals surface area contributed by atoms with Crippen molar-refractivity contribution in [1.29, 1.82) is 5.41 Å². The van der Waals surface area contributed by atoms with E-state index >= 15 is 0 Å². The van der Waals surface area contributed by atoms with Gasteiger partial charge < -0.3 is 46.3 Å². The third-order valence-electron chi connectivity index (χ3n) is 7.50. The molecule has 0 spiro atoms. The molecule has 6 atom stereocenters. The van der Waals surface area contributed by atoms with E-state index in [1.165, 1.54) is 6.07 Å². The Hall–Kier alpha value is -5.11. The van der Waals surface area contributed by atoms with E-state index in [4.69, 9.17) is 20.6 Å². The van der Waals surface area contributed by atoms with Crippen LogP contribution in [0.25, 0.3) is 0 Å². The number of nitrogen functional groups attached to an aromatic ring is 1. The number of amides is 1. The summed E-state index contributed by atoms with van der Waals surface area (Å²) in [7, 11) is 0. The fraction of sp³-hybridized carbons (Fsp3) is 0.206. The van der Waals surface area contributed by atoms with Gasteiger partial charge in [0.05, 0.1) is 6.61 Å². The number of para-hydroxylation sites is 1. The van der Waals surface area contributed by atoms with E-state index in [0.29, 0.717) is 33.6 Å². The lowest BCUT2D eigenvalue weighted by atomic mass is 9.99. The fourth-order valence-electron chi connectivity index (χ4n) is 5.05. The average molecular weight is 627 g/mol. The smallest absolute Gasteiger partial charge is 0.251 e. The molecular weight excluding hydrogens is 592 g/mol. The molecule has 9 N–H and O–H groups in total. The highest BCUT2D eigenvalue weighted by molar-refractivity contribution is 6.10. The van der Waals surface area contributed by atoms with Gasteiger partial charge in [-0.2, -0.15) is 0 Å². The molecule has 46 heavy (non-hydrogen) atoms. The molecule has 5 rings (SSSR count). The number of aliphatic hydroxyl groups excluding tert-OH is 4. The number of aliphatic hydroxyl groups is 4. The summed E-state index contributed by atoms with van der Waals surface area (Å²) in [4.78, 5) is 27.1. The van der Waals surface area contributed by atoms with Gasteiger partial charge in [-0.05, 0) is 30.3 Å². The molecule has 0 radical (unpaired) electrons. The van der Waals surface area contributed by atoms with Crippen LogP contribution in [0.15, 0.2) is 103 Å². The first-order valence-corrected chi connectivity index (χ1v) is 14.4. The van der Waals surface area contributed by atoms with E-state index in [1.807, 2.05) is 6.07 Å². The molecule has 12 nitrogen and oxygen atoms in total. The fourth-order valence-corrected chi connectivity index (χ4v) is 5.05. The second-order valence-electron chi connectivity index (χ2n) is 10.7. The Labute approximate surface area is 264 Å². The quantitative estimate of drug-likeness (QED) is 0.0691. The van der Waals surface area contributed by atoms with Crippen molar-refractivity contribution < 1.29 is 39.5 Å². The molecule has 6 unspecified atom stereocenters. The molecule has 12 heteroatoms. The standard InChI is InChI=1S/C34H34N4O8/c35-32(36)21-11-7-12-22(17-21)37-27(33(44)38-23-13-6-10-20(16-23)28(40)19-8-2-1-3-9-19)24-14-4-5-15-25(24)45-34-31(43)30(42)29(41)26(18-39)46-34/h1-17,26-27,29-31,34,37,39,41-43H,18H2,(H3,35,36)(H,38,44). The van der Waals surface area contributed by atoms with Crippen LogP contribution < -0.4 is 21.1 Å². The van der Waals surface area contributed by atoms with Crippen molar-refractivity contribution in [3.05, 3.63) is 125 Å². The summed E-state index contributed by atoms with van der Waals surface area (Å²) in [5, 5.41) is 54.5. The zero-order valence-corrected chi connectivity index (χ0v) is 24.5. The lowest BCUT2D eigenvalue weighted by molar-refractivity contribution is -0.277. The van der Waals surface area contributed by atoms with E-state index in [1.54, 1.807) is 91.0 Å². The number of benzene rings is 4. The Morgan fingerprint density at radius 1 is 0.804 bits per heavy atom. The summed E-state index contributed by atoms with van der Waals surface area (Å²) >= 11 is 0. The van der Waals surface area contributed by atoms with Gasteiger partial charge in [-0.1, -0.05) is 72.8 Å². The summed E-state index contributed by atoms with van der Waals surface area (Å²) < 4.78 is 11.5. The topological polar surface area (TPSA) is 207 Å². The normalized spacial score (nSPS) is 21.5. The second kappa shape index (κ2) is 14.3. The lowest BCUT2D eigenvalue weighted by Gasteiger charge is -2.39. The molecule has 1 fully saturated rings. The summed E-state index contributed by atoms with van der Waals surface area (Å²) in [5.74, 6) is -0.848. The molecule has 0 aromatic heterocycles. The van der Waals surface area contributed by atoms with Crippen molar-refractivity contribution >= 4 is 28.9 Å². The number of nitrogens with one attached hydrogen (secondary N) is 3. The summed E-state index contributed by atoms with van der Waals surface area (Å²) in [5.41, 5.74) is 8.06. The van der Waals surface area contributed by atoms with Gasteiger partial charge in [0.15, 0.2) is 5.78 Å². The predicted octanol–water partition coefficient (Wildman–Crippen LogP) is 2.17. The van der Waals surface area contributed by atoms with Gasteiger partial charge >= 0.3 is 0 Å². The number of carbonyl (C=O) groups is 2. The van der Waals surface area contributed by atoms with Gasteiger partial charge in [-0.25, -0.2) is 0 Å². The molecule has 238 valence electrons. The molecule has 1 saturated heterocycles. The van der Waals surface area contributed by atoms with Crippen LogP contribution in [0.1, 0.15) is 33.1 Å². The molecule has 4 aromatic carbocycles. The number of hydrogen-bond acceptors (Lipinski definition) is 10. The number of nitrogens with two attached hydrogens (primary N) is 1. The maximum atomic E-state index is 14.0. The van der Waals surface area contributed by atoms with E-state index in [-0.39, 0.29) is 17.4 Å². The minimum Gasteiger partial charge on any atom is -0.462 e. The van der Waals surface area contributed by atoms with E-state index in [2.05, 4.69) is 10.6 Å². The minimum atomic E-state index is -1.68. The number of anilines is 2. The van der Waals surface area contributed by atoms with Crippen LogP contribution in [0.3, 0.4) is 0 Å². The largest absolute Gasteiger partial charge is 0.462 e. The van der Waals surface area contributed by atoms with Gasteiger partial charge in [0, 0.05) is 33.6 Å². The third kappa shape index (κ3) is 7.23. The predicted molar refractivity (Wildman–Crippen MR) is 170 cm³/mol. The van der Waals surface area contributed by atoms with Crippen LogP contribution in [-0.2, 0) is 9.53 Å². The van der Waals surface area contributed by atoms with Crippen molar-refractivity contribution in [3.63, 3.8) is 0 Å². The number of carbonyl (C=O) groups excluding carboxylic acids is 2. The molecule has 1 aliphatic heterocycles. The van der Waals surface area contributed by atoms with E-state index in [0.717, 1.165) is 0 Å². The van der Waals surface area contributed by atoms with Crippen LogP contribution in [0.2, 0.25) is 0 Å². The van der Waals surface area contributed by atoms with Crippen molar-refractivity contribution in [3.8, 4) is 5.75 Å². The number of ether oxygens (including phenoxy) is 2. The Bertz CT molecular complexity index is 1700. The van der Waals surface area contributed by atoms with Gasteiger partial charge in [-0.3, -0.25) is 15.0 Å². The molecule has 1 amide bonds. The number of rotatable bonds is 11. The van der Waals surface area contributed by atoms with Crippen molar-refractivity contribution in [1.82, 2.24) is 0 Å². The third-order valence-corrected chi connectivity index (χ3v) is 7.50. The number of hydrogen-bond donors (Lipinski definition) is 8. The SMILES string of the molecule is N=C(N)c1cccc(NC(C(=O)Nc2cccc(C(=O)c3ccccc3)c2)c2ccccc2OC2OC(CO)C(O)C(O)C2O)c1. The first-order chi connectivity index (χ1) is 22.2. The zero-order chi connectivity index (χ0) is 32.8. The Morgan fingerprint density at radius 3 is 2.15 bits per heavy atom. The van der Waals surface area contributed by atoms with E-state index in [9.17, 15) is 30.0 Å².